The molecule has 11 heavy (non-hydrogen) atoms. The molecule has 0 heterocycles. The molecule has 0 saturated carbocycles. The third-order valence-corrected chi connectivity index (χ3v) is 1.22. The second-order valence-electron chi connectivity index (χ2n) is 2.19. The second-order valence-corrected chi connectivity index (χ2v) is 2.19. The number of hydrogen-bond donors (Lipinski definition) is 3. The maximum Gasteiger partial charge on any atom is 0.323 e. The van der Waals surface area contributed by atoms with E-state index in [1.165, 1.54) is 6.08 Å². The lowest BCUT2D eigenvalue weighted by molar-refractivity contribution is -0.140. The number of carbonyl (C=O) groups is 1. The van der Waals surface area contributed by atoms with Crippen molar-refractivity contribution in [3.63, 3.8) is 0 Å². The zero-order chi connectivity index (χ0) is 8.85. The van der Waals surface area contributed by atoms with Crippen LogP contribution in [0.15, 0.2) is 12.2 Å². The number of aliphatic hydroxyl groups is 1. The molecule has 0 amide bonds. The maximum absolute atomic E-state index is 10.2. The van der Waals surface area contributed by atoms with Gasteiger partial charge in [-0.25, -0.2) is 0 Å². The molecule has 0 aliphatic rings. The Kier molecular flexibility index (Phi) is 4.49. The SMILES string of the molecule is CC/C=C/C(O)C(N)C(=O)O. The first kappa shape index (κ1) is 10.1. The van der Waals surface area contributed by atoms with Gasteiger partial charge in [-0.2, -0.15) is 0 Å². The van der Waals surface area contributed by atoms with Gasteiger partial charge in [-0.15, -0.1) is 0 Å². The zero-order valence-electron chi connectivity index (χ0n) is 6.40. The molecular formula is C7H13NO3. The fourth-order valence-corrected chi connectivity index (χ4v) is 0.541. The third-order valence-electron chi connectivity index (χ3n) is 1.22. The average Bonchev–Trinajstić information content (AvgIpc) is 1.98. The number of rotatable bonds is 4. The van der Waals surface area contributed by atoms with E-state index in [9.17, 15) is 4.79 Å². The average molecular weight is 159 g/mol. The van der Waals surface area contributed by atoms with E-state index in [2.05, 4.69) is 0 Å². The molecule has 0 aromatic carbocycles. The Balaban J connectivity index is 3.91. The van der Waals surface area contributed by atoms with E-state index in [1.54, 1.807) is 6.08 Å². The minimum Gasteiger partial charge on any atom is -0.480 e. The quantitative estimate of drug-likeness (QED) is 0.493. The van der Waals surface area contributed by atoms with Crippen LogP contribution in [0, 0.1) is 0 Å². The Morgan fingerprint density at radius 3 is 2.64 bits per heavy atom. The fraction of sp³-hybridized carbons (Fsp3) is 0.571. The van der Waals surface area contributed by atoms with Crippen LogP contribution in [0.5, 0.6) is 0 Å². The summed E-state index contributed by atoms with van der Waals surface area (Å²) in [6.07, 6.45) is 2.72. The van der Waals surface area contributed by atoms with E-state index < -0.39 is 18.1 Å². The summed E-state index contributed by atoms with van der Waals surface area (Å²) >= 11 is 0. The van der Waals surface area contributed by atoms with Crippen molar-refractivity contribution in [2.75, 3.05) is 0 Å². The summed E-state index contributed by atoms with van der Waals surface area (Å²) in [5, 5.41) is 17.4. The molecule has 4 N–H and O–H groups in total. The van der Waals surface area contributed by atoms with Gasteiger partial charge >= 0.3 is 5.97 Å². The van der Waals surface area contributed by atoms with Gasteiger partial charge in [0, 0.05) is 0 Å². The number of carboxylic acids is 1. The predicted molar refractivity (Wildman–Crippen MR) is 41.0 cm³/mol. The summed E-state index contributed by atoms with van der Waals surface area (Å²) in [4.78, 5) is 10.2. The number of aliphatic carboxylic acids is 1. The van der Waals surface area contributed by atoms with Crippen LogP contribution in [0.1, 0.15) is 13.3 Å². The molecule has 0 fully saturated rings. The highest BCUT2D eigenvalue weighted by Crippen LogP contribution is 1.93. The van der Waals surface area contributed by atoms with Crippen molar-refractivity contribution < 1.29 is 15.0 Å². The van der Waals surface area contributed by atoms with Crippen molar-refractivity contribution in [3.8, 4) is 0 Å². The lowest BCUT2D eigenvalue weighted by Crippen LogP contribution is -2.40. The van der Waals surface area contributed by atoms with Gasteiger partial charge in [0.15, 0.2) is 0 Å². The molecule has 0 aliphatic heterocycles. The maximum atomic E-state index is 10.2. The first-order valence-corrected chi connectivity index (χ1v) is 3.42. The van der Waals surface area contributed by atoms with Crippen molar-refractivity contribution in [2.24, 2.45) is 5.73 Å². The van der Waals surface area contributed by atoms with Crippen LogP contribution in [-0.2, 0) is 4.79 Å². The van der Waals surface area contributed by atoms with Gasteiger partial charge in [0.2, 0.25) is 0 Å². The zero-order valence-corrected chi connectivity index (χ0v) is 6.40. The number of hydrogen-bond acceptors (Lipinski definition) is 3. The monoisotopic (exact) mass is 159 g/mol. The van der Waals surface area contributed by atoms with Crippen molar-refractivity contribution in [2.45, 2.75) is 25.5 Å². The summed E-state index contributed by atoms with van der Waals surface area (Å²) in [7, 11) is 0. The molecule has 0 aliphatic carbocycles. The number of carboxylic acid groups (broad SMARTS) is 1. The van der Waals surface area contributed by atoms with Crippen LogP contribution in [0.25, 0.3) is 0 Å². The normalized spacial score (nSPS) is 16.6. The molecular weight excluding hydrogens is 146 g/mol. The molecule has 0 aromatic rings. The molecule has 0 spiro atoms. The first-order valence-electron chi connectivity index (χ1n) is 3.42. The molecule has 0 rings (SSSR count). The molecule has 2 unspecified atom stereocenters. The summed E-state index contributed by atoms with van der Waals surface area (Å²) in [5.41, 5.74) is 5.10. The summed E-state index contributed by atoms with van der Waals surface area (Å²) in [5.74, 6) is -1.20. The topological polar surface area (TPSA) is 83.5 Å². The van der Waals surface area contributed by atoms with Crippen LogP contribution in [0.4, 0.5) is 0 Å². The van der Waals surface area contributed by atoms with Crippen molar-refractivity contribution in [1.82, 2.24) is 0 Å². The Labute approximate surface area is 65.3 Å². The first-order chi connectivity index (χ1) is 5.09. The highest BCUT2D eigenvalue weighted by molar-refractivity contribution is 5.74. The highest BCUT2D eigenvalue weighted by atomic mass is 16.4. The Hall–Kier alpha value is -0.870. The number of aliphatic hydroxyl groups excluding tert-OH is 1. The van der Waals surface area contributed by atoms with E-state index in [4.69, 9.17) is 15.9 Å². The molecule has 4 heteroatoms. The molecule has 64 valence electrons. The fourth-order valence-electron chi connectivity index (χ4n) is 0.541. The molecule has 4 nitrogen and oxygen atoms in total. The minimum absolute atomic E-state index is 0.753. The van der Waals surface area contributed by atoms with Crippen molar-refractivity contribution >= 4 is 5.97 Å². The summed E-state index contributed by atoms with van der Waals surface area (Å²) < 4.78 is 0. The van der Waals surface area contributed by atoms with E-state index in [0.717, 1.165) is 6.42 Å². The lowest BCUT2D eigenvalue weighted by atomic mass is 10.1. The highest BCUT2D eigenvalue weighted by Gasteiger charge is 2.18. The third kappa shape index (κ3) is 3.75. The van der Waals surface area contributed by atoms with Crippen LogP contribution in [0.3, 0.4) is 0 Å². The van der Waals surface area contributed by atoms with Gasteiger partial charge in [-0.1, -0.05) is 19.1 Å². The smallest absolute Gasteiger partial charge is 0.323 e. The molecule has 2 atom stereocenters. The lowest BCUT2D eigenvalue weighted by Gasteiger charge is -2.09. The molecule has 0 radical (unpaired) electrons. The van der Waals surface area contributed by atoms with Crippen LogP contribution in [-0.4, -0.2) is 28.3 Å². The van der Waals surface area contributed by atoms with Crippen LogP contribution < -0.4 is 5.73 Å². The Morgan fingerprint density at radius 2 is 2.27 bits per heavy atom. The van der Waals surface area contributed by atoms with Crippen molar-refractivity contribution in [3.05, 3.63) is 12.2 Å². The van der Waals surface area contributed by atoms with Crippen LogP contribution >= 0.6 is 0 Å². The van der Waals surface area contributed by atoms with Gasteiger partial charge < -0.3 is 15.9 Å². The number of allylic oxidation sites excluding steroid dienone is 1. The Morgan fingerprint density at radius 1 is 1.73 bits per heavy atom. The van der Waals surface area contributed by atoms with Crippen LogP contribution in [0.2, 0.25) is 0 Å². The van der Waals surface area contributed by atoms with E-state index in [-0.39, 0.29) is 0 Å². The van der Waals surface area contributed by atoms with E-state index in [0.29, 0.717) is 0 Å². The molecule has 0 bridgehead atoms. The molecule has 0 saturated heterocycles. The minimum atomic E-state index is -1.22. The largest absolute Gasteiger partial charge is 0.480 e. The van der Waals surface area contributed by atoms with Gasteiger partial charge in [0.25, 0.3) is 0 Å². The van der Waals surface area contributed by atoms with E-state index in [1.807, 2.05) is 6.92 Å². The van der Waals surface area contributed by atoms with Gasteiger partial charge in [0.05, 0.1) is 6.10 Å². The molecule has 0 aromatic heterocycles. The summed E-state index contributed by atoms with van der Waals surface area (Å²) in [6, 6.07) is -1.22. The van der Waals surface area contributed by atoms with Gasteiger partial charge in [0.1, 0.15) is 6.04 Å². The standard InChI is InChI=1S/C7H13NO3/c1-2-3-4-5(9)6(8)7(10)11/h3-6,9H,2,8H2,1H3,(H,10,11)/b4-3+. The number of nitrogens with two attached hydrogens (primary N) is 1. The predicted octanol–water partition coefficient (Wildman–Crippen LogP) is -0.275. The van der Waals surface area contributed by atoms with Gasteiger partial charge in [-0.3, -0.25) is 4.79 Å². The second kappa shape index (κ2) is 4.87. The Bertz CT molecular complexity index is 156. The van der Waals surface area contributed by atoms with E-state index >= 15 is 0 Å². The van der Waals surface area contributed by atoms with Crippen molar-refractivity contribution in [1.29, 1.82) is 0 Å². The summed E-state index contributed by atoms with van der Waals surface area (Å²) in [6.45, 7) is 1.88. The van der Waals surface area contributed by atoms with Gasteiger partial charge in [-0.05, 0) is 6.42 Å².